The molecule has 0 radical (unpaired) electrons. The first-order valence-electron chi connectivity index (χ1n) is 6.55. The van der Waals surface area contributed by atoms with E-state index in [0.717, 1.165) is 38.2 Å². The van der Waals surface area contributed by atoms with E-state index in [1.807, 2.05) is 23.1 Å². The molecule has 0 bridgehead atoms. The molecular weight excluding hydrogens is 264 g/mol. The highest BCUT2D eigenvalue weighted by molar-refractivity contribution is 5.85. The quantitative estimate of drug-likeness (QED) is 0.840. The van der Waals surface area contributed by atoms with Gasteiger partial charge in [0.2, 0.25) is 0 Å². The van der Waals surface area contributed by atoms with Crippen LogP contribution < -0.4 is 5.32 Å². The van der Waals surface area contributed by atoms with Crippen LogP contribution in [0.3, 0.4) is 0 Å². The average Bonchev–Trinajstić information content (AvgIpc) is 2.47. The maximum absolute atomic E-state index is 12.5. The highest BCUT2D eigenvalue weighted by Crippen LogP contribution is 2.28. The molecule has 2 aliphatic rings. The molecule has 1 atom stereocenters. The van der Waals surface area contributed by atoms with Crippen molar-refractivity contribution in [1.82, 2.24) is 10.2 Å². The standard InChI is InChI=1S/C14H18N2O2.ClH/c17-14(16-8-6-15-7-9-16)13-12-4-2-1-3-11(12)5-10-18-13;/h1-4,13,15H,5-10H2;1H. The van der Waals surface area contributed by atoms with Gasteiger partial charge in [0.05, 0.1) is 6.61 Å². The monoisotopic (exact) mass is 282 g/mol. The van der Waals surface area contributed by atoms with Crippen LogP contribution in [0.25, 0.3) is 0 Å². The molecule has 1 aromatic carbocycles. The Balaban J connectivity index is 0.00000133. The molecule has 1 N–H and O–H groups in total. The van der Waals surface area contributed by atoms with Crippen LogP contribution >= 0.6 is 12.4 Å². The Kier molecular flexibility index (Phi) is 4.80. The fourth-order valence-electron chi connectivity index (χ4n) is 2.65. The Hall–Kier alpha value is -1.10. The summed E-state index contributed by atoms with van der Waals surface area (Å²) in [4.78, 5) is 14.4. The first-order chi connectivity index (χ1) is 8.86. The molecule has 4 nitrogen and oxygen atoms in total. The van der Waals surface area contributed by atoms with Crippen molar-refractivity contribution < 1.29 is 9.53 Å². The lowest BCUT2D eigenvalue weighted by Crippen LogP contribution is -2.48. The number of fused-ring (bicyclic) bond motifs is 1. The van der Waals surface area contributed by atoms with Crippen LogP contribution in [-0.2, 0) is 16.0 Å². The van der Waals surface area contributed by atoms with Crippen molar-refractivity contribution in [1.29, 1.82) is 0 Å². The number of piperazine rings is 1. The predicted octanol–water partition coefficient (Wildman–Crippen LogP) is 1.15. The Labute approximate surface area is 119 Å². The third-order valence-electron chi connectivity index (χ3n) is 3.65. The van der Waals surface area contributed by atoms with Crippen LogP contribution in [0.5, 0.6) is 0 Å². The van der Waals surface area contributed by atoms with Gasteiger partial charge in [0, 0.05) is 26.2 Å². The van der Waals surface area contributed by atoms with Gasteiger partial charge < -0.3 is 15.0 Å². The molecule has 1 amide bonds. The van der Waals surface area contributed by atoms with Gasteiger partial charge in [-0.3, -0.25) is 4.79 Å². The number of benzene rings is 1. The van der Waals surface area contributed by atoms with Crippen LogP contribution in [-0.4, -0.2) is 43.6 Å². The minimum atomic E-state index is -0.395. The molecule has 1 aromatic rings. The molecule has 19 heavy (non-hydrogen) atoms. The Morgan fingerprint density at radius 1 is 1.26 bits per heavy atom. The molecule has 0 spiro atoms. The fraction of sp³-hybridized carbons (Fsp3) is 0.500. The Morgan fingerprint density at radius 3 is 2.79 bits per heavy atom. The molecular formula is C14H19ClN2O2. The zero-order valence-corrected chi connectivity index (χ0v) is 11.6. The van der Waals surface area contributed by atoms with E-state index in [4.69, 9.17) is 4.74 Å². The molecule has 0 aromatic heterocycles. The van der Waals surface area contributed by atoms with Crippen molar-refractivity contribution in [3.8, 4) is 0 Å². The molecule has 0 aliphatic carbocycles. The van der Waals surface area contributed by atoms with Crippen LogP contribution in [0.1, 0.15) is 17.2 Å². The van der Waals surface area contributed by atoms with Crippen molar-refractivity contribution in [2.45, 2.75) is 12.5 Å². The van der Waals surface area contributed by atoms with Crippen molar-refractivity contribution in [2.24, 2.45) is 0 Å². The van der Waals surface area contributed by atoms with E-state index in [0.29, 0.717) is 6.61 Å². The normalized spacial score (nSPS) is 22.3. The van der Waals surface area contributed by atoms with Gasteiger partial charge in [-0.25, -0.2) is 0 Å². The van der Waals surface area contributed by atoms with E-state index in [2.05, 4.69) is 11.4 Å². The minimum absolute atomic E-state index is 0. The summed E-state index contributed by atoms with van der Waals surface area (Å²) in [5.41, 5.74) is 2.30. The smallest absolute Gasteiger partial charge is 0.256 e. The first kappa shape index (κ1) is 14.3. The van der Waals surface area contributed by atoms with Crippen LogP contribution in [0.2, 0.25) is 0 Å². The second kappa shape index (κ2) is 6.37. The number of rotatable bonds is 1. The minimum Gasteiger partial charge on any atom is -0.363 e. The molecule has 5 heteroatoms. The molecule has 1 saturated heterocycles. The molecule has 1 fully saturated rings. The number of amides is 1. The lowest BCUT2D eigenvalue weighted by atomic mass is 9.96. The summed E-state index contributed by atoms with van der Waals surface area (Å²) in [5, 5.41) is 3.26. The van der Waals surface area contributed by atoms with E-state index in [-0.39, 0.29) is 18.3 Å². The van der Waals surface area contributed by atoms with Gasteiger partial charge in [-0.05, 0) is 17.5 Å². The SMILES string of the molecule is Cl.O=C(C1OCCc2ccccc21)N1CCNCC1. The topological polar surface area (TPSA) is 41.6 Å². The van der Waals surface area contributed by atoms with E-state index in [9.17, 15) is 4.79 Å². The summed E-state index contributed by atoms with van der Waals surface area (Å²) in [6.07, 6.45) is 0.509. The third-order valence-corrected chi connectivity index (χ3v) is 3.65. The highest BCUT2D eigenvalue weighted by atomic mass is 35.5. The van der Waals surface area contributed by atoms with E-state index >= 15 is 0 Å². The van der Waals surface area contributed by atoms with Gasteiger partial charge in [-0.2, -0.15) is 0 Å². The van der Waals surface area contributed by atoms with Crippen molar-refractivity contribution in [2.75, 3.05) is 32.8 Å². The summed E-state index contributed by atoms with van der Waals surface area (Å²) in [6, 6.07) is 8.11. The second-order valence-corrected chi connectivity index (χ2v) is 4.77. The number of nitrogens with one attached hydrogen (secondary N) is 1. The van der Waals surface area contributed by atoms with Crippen molar-refractivity contribution in [3.63, 3.8) is 0 Å². The molecule has 2 heterocycles. The number of carbonyl (C=O) groups excluding carboxylic acids is 1. The van der Waals surface area contributed by atoms with E-state index in [1.54, 1.807) is 0 Å². The number of hydrogen-bond acceptors (Lipinski definition) is 3. The summed E-state index contributed by atoms with van der Waals surface area (Å²) in [6.45, 7) is 3.95. The Bertz CT molecular complexity index is 447. The van der Waals surface area contributed by atoms with E-state index in [1.165, 1.54) is 5.56 Å². The summed E-state index contributed by atoms with van der Waals surface area (Å²) in [5.74, 6) is 0.114. The second-order valence-electron chi connectivity index (χ2n) is 4.77. The number of ether oxygens (including phenoxy) is 1. The fourth-order valence-corrected chi connectivity index (χ4v) is 2.65. The molecule has 104 valence electrons. The van der Waals surface area contributed by atoms with Gasteiger partial charge in [0.25, 0.3) is 5.91 Å². The summed E-state index contributed by atoms with van der Waals surface area (Å²) >= 11 is 0. The first-order valence-corrected chi connectivity index (χ1v) is 6.55. The van der Waals surface area contributed by atoms with Gasteiger partial charge in [-0.15, -0.1) is 12.4 Å². The maximum atomic E-state index is 12.5. The van der Waals surface area contributed by atoms with Crippen molar-refractivity contribution >= 4 is 18.3 Å². The predicted molar refractivity (Wildman–Crippen MR) is 75.5 cm³/mol. The lowest BCUT2D eigenvalue weighted by molar-refractivity contribution is -0.145. The molecule has 1 unspecified atom stereocenters. The maximum Gasteiger partial charge on any atom is 0.256 e. The van der Waals surface area contributed by atoms with Gasteiger partial charge in [0.15, 0.2) is 6.10 Å². The summed E-state index contributed by atoms with van der Waals surface area (Å²) < 4.78 is 5.71. The van der Waals surface area contributed by atoms with Crippen molar-refractivity contribution in [3.05, 3.63) is 35.4 Å². The van der Waals surface area contributed by atoms with Crippen LogP contribution in [0, 0.1) is 0 Å². The van der Waals surface area contributed by atoms with E-state index < -0.39 is 6.10 Å². The Morgan fingerprint density at radius 2 is 2.00 bits per heavy atom. The van der Waals surface area contributed by atoms with Gasteiger partial charge in [0.1, 0.15) is 0 Å². The van der Waals surface area contributed by atoms with Crippen LogP contribution in [0.15, 0.2) is 24.3 Å². The van der Waals surface area contributed by atoms with Crippen LogP contribution in [0.4, 0.5) is 0 Å². The lowest BCUT2D eigenvalue weighted by Gasteiger charge is -2.33. The zero-order valence-electron chi connectivity index (χ0n) is 10.8. The number of carbonyl (C=O) groups is 1. The molecule has 0 saturated carbocycles. The van der Waals surface area contributed by atoms with Gasteiger partial charge >= 0.3 is 0 Å². The van der Waals surface area contributed by atoms with Gasteiger partial charge in [-0.1, -0.05) is 24.3 Å². The largest absolute Gasteiger partial charge is 0.363 e. The third kappa shape index (κ3) is 2.91. The highest BCUT2D eigenvalue weighted by Gasteiger charge is 2.31. The summed E-state index contributed by atoms with van der Waals surface area (Å²) in [7, 11) is 0. The zero-order chi connectivity index (χ0) is 12.4. The number of hydrogen-bond donors (Lipinski definition) is 1. The average molecular weight is 283 g/mol. The number of nitrogens with zero attached hydrogens (tertiary/aromatic N) is 1. The number of halogens is 1. The molecule has 3 rings (SSSR count). The molecule has 2 aliphatic heterocycles.